The maximum atomic E-state index is 12.5. The zero-order chi connectivity index (χ0) is 24.9. The molecule has 0 fully saturated rings. The van der Waals surface area contributed by atoms with Gasteiger partial charge in [-0.05, 0) is 31.2 Å². The second-order valence-electron chi connectivity index (χ2n) is 7.55. The van der Waals surface area contributed by atoms with Crippen LogP contribution in [0.4, 0.5) is 5.13 Å². The van der Waals surface area contributed by atoms with Gasteiger partial charge in [-0.1, -0.05) is 6.07 Å². The molecular weight excluding hydrogens is 468 g/mol. The third kappa shape index (κ3) is 5.33. The lowest BCUT2D eigenvalue weighted by Gasteiger charge is -2.14. The van der Waals surface area contributed by atoms with E-state index in [9.17, 15) is 9.59 Å². The molecule has 9 nitrogen and oxygen atoms in total. The summed E-state index contributed by atoms with van der Waals surface area (Å²) in [6.45, 7) is 1.87. The summed E-state index contributed by atoms with van der Waals surface area (Å²) < 4.78 is 17.1. The molecule has 2 aromatic heterocycles. The van der Waals surface area contributed by atoms with Crippen molar-refractivity contribution in [2.24, 2.45) is 0 Å². The predicted molar refractivity (Wildman–Crippen MR) is 134 cm³/mol. The number of hydrogen-bond acceptors (Lipinski definition) is 8. The first-order valence-electron chi connectivity index (χ1n) is 10.7. The van der Waals surface area contributed by atoms with Crippen LogP contribution in [0, 0.1) is 6.92 Å². The highest BCUT2D eigenvalue weighted by molar-refractivity contribution is 7.13. The van der Waals surface area contributed by atoms with Crippen LogP contribution in [0.2, 0.25) is 0 Å². The van der Waals surface area contributed by atoms with Gasteiger partial charge in [0, 0.05) is 35.6 Å². The normalized spacial score (nSPS) is 10.6. The number of anilines is 1. The molecule has 0 unspecified atom stereocenters. The van der Waals surface area contributed by atoms with Crippen molar-refractivity contribution in [3.63, 3.8) is 0 Å². The summed E-state index contributed by atoms with van der Waals surface area (Å²) >= 11 is 1.38. The van der Waals surface area contributed by atoms with Gasteiger partial charge in [-0.15, -0.1) is 11.3 Å². The summed E-state index contributed by atoms with van der Waals surface area (Å²) in [5, 5.41) is 8.51. The lowest BCUT2D eigenvalue weighted by atomic mass is 10.1. The van der Waals surface area contributed by atoms with E-state index in [1.165, 1.54) is 25.6 Å². The third-order valence-corrected chi connectivity index (χ3v) is 6.07. The molecule has 0 bridgehead atoms. The molecule has 0 saturated heterocycles. The Kier molecular flexibility index (Phi) is 7.11. The molecular formula is C25H24N4O5S. The number of aromatic nitrogens is 2. The fourth-order valence-electron chi connectivity index (χ4n) is 3.53. The molecule has 0 spiro atoms. The lowest BCUT2D eigenvalue weighted by molar-refractivity contribution is -0.115. The van der Waals surface area contributed by atoms with Crippen molar-refractivity contribution in [1.82, 2.24) is 15.3 Å². The number of amides is 2. The minimum atomic E-state index is -0.272. The zero-order valence-electron chi connectivity index (χ0n) is 19.7. The van der Waals surface area contributed by atoms with Crippen LogP contribution in [-0.2, 0) is 11.2 Å². The van der Waals surface area contributed by atoms with E-state index in [0.717, 1.165) is 5.69 Å². The third-order valence-electron chi connectivity index (χ3n) is 5.20. The average Bonchev–Trinajstić information content (AvgIpc) is 3.27. The van der Waals surface area contributed by atoms with Crippen molar-refractivity contribution in [3.8, 4) is 23.0 Å². The first-order valence-corrected chi connectivity index (χ1v) is 11.6. The summed E-state index contributed by atoms with van der Waals surface area (Å²) in [6, 6.07) is 10.4. The second kappa shape index (κ2) is 10.4. The van der Waals surface area contributed by atoms with E-state index in [4.69, 9.17) is 14.2 Å². The Bertz CT molecular complexity index is 1400. The molecule has 0 saturated carbocycles. The van der Waals surface area contributed by atoms with Gasteiger partial charge in [0.05, 0.1) is 37.4 Å². The molecule has 0 aliphatic carbocycles. The van der Waals surface area contributed by atoms with Gasteiger partial charge >= 0.3 is 0 Å². The van der Waals surface area contributed by atoms with Crippen molar-refractivity contribution < 1.29 is 23.8 Å². The largest absolute Gasteiger partial charge is 0.496 e. The van der Waals surface area contributed by atoms with Gasteiger partial charge < -0.3 is 24.8 Å². The Morgan fingerprint density at radius 2 is 1.83 bits per heavy atom. The number of ether oxygens (including phenoxy) is 3. The van der Waals surface area contributed by atoms with Crippen LogP contribution in [0.25, 0.3) is 10.9 Å². The second-order valence-corrected chi connectivity index (χ2v) is 8.41. The van der Waals surface area contributed by atoms with Gasteiger partial charge in [0.2, 0.25) is 5.91 Å². The quantitative estimate of drug-likeness (QED) is 0.376. The Hall–Kier alpha value is -4.18. The number of rotatable bonds is 8. The van der Waals surface area contributed by atoms with E-state index >= 15 is 0 Å². The van der Waals surface area contributed by atoms with E-state index in [1.54, 1.807) is 49.6 Å². The minimum Gasteiger partial charge on any atom is -0.496 e. The van der Waals surface area contributed by atoms with Gasteiger partial charge in [-0.3, -0.25) is 14.6 Å². The monoisotopic (exact) mass is 492 g/mol. The van der Waals surface area contributed by atoms with Crippen molar-refractivity contribution in [2.75, 3.05) is 26.6 Å². The van der Waals surface area contributed by atoms with E-state index in [-0.39, 0.29) is 18.2 Å². The number of methoxy groups -OCH3 is 2. The summed E-state index contributed by atoms with van der Waals surface area (Å²) in [5.74, 6) is 1.51. The van der Waals surface area contributed by atoms with Crippen LogP contribution in [0.1, 0.15) is 21.6 Å². The first kappa shape index (κ1) is 24.0. The molecule has 0 radical (unpaired) electrons. The van der Waals surface area contributed by atoms with Gasteiger partial charge in [-0.2, -0.15) is 0 Å². The Labute approximate surface area is 206 Å². The standard InChI is InChI=1S/C25H24N4O5S/c1-14-13-35-25(28-14)29-23(30)9-15-5-6-16(10-21(15)32-3)34-20-7-8-27-19-11-18(24(31)26-2)22(33-4)12-17(19)20/h5-8,10-13H,9H2,1-4H3,(H,26,31)(H,28,29,30). The molecule has 35 heavy (non-hydrogen) atoms. The molecule has 2 amide bonds. The molecule has 4 aromatic rings. The van der Waals surface area contributed by atoms with Crippen LogP contribution in [0.15, 0.2) is 48.0 Å². The van der Waals surface area contributed by atoms with Crippen LogP contribution in [0.5, 0.6) is 23.0 Å². The summed E-state index contributed by atoms with van der Waals surface area (Å²) in [4.78, 5) is 33.3. The predicted octanol–water partition coefficient (Wildman–Crippen LogP) is 4.35. The fourth-order valence-corrected chi connectivity index (χ4v) is 4.23. The van der Waals surface area contributed by atoms with Crippen LogP contribution in [-0.4, -0.2) is 43.0 Å². The number of aryl methyl sites for hydroxylation is 1. The Balaban J connectivity index is 1.58. The van der Waals surface area contributed by atoms with E-state index in [0.29, 0.717) is 50.2 Å². The number of carbonyl (C=O) groups is 2. The SMILES string of the molecule is CNC(=O)c1cc2nccc(Oc3ccc(CC(=O)Nc4nc(C)cs4)c(OC)c3)c2cc1OC. The molecule has 0 aliphatic rings. The number of fused-ring (bicyclic) bond motifs is 1. The van der Waals surface area contributed by atoms with E-state index in [1.807, 2.05) is 12.3 Å². The van der Waals surface area contributed by atoms with Gasteiger partial charge in [0.25, 0.3) is 5.91 Å². The van der Waals surface area contributed by atoms with Crippen molar-refractivity contribution >= 4 is 39.2 Å². The molecule has 4 rings (SSSR count). The molecule has 2 heterocycles. The van der Waals surface area contributed by atoms with Crippen LogP contribution >= 0.6 is 11.3 Å². The van der Waals surface area contributed by atoms with Gasteiger partial charge in [-0.25, -0.2) is 4.98 Å². The van der Waals surface area contributed by atoms with Gasteiger partial charge in [0.15, 0.2) is 5.13 Å². The maximum absolute atomic E-state index is 12.5. The Morgan fingerprint density at radius 1 is 1.03 bits per heavy atom. The van der Waals surface area contributed by atoms with E-state index in [2.05, 4.69) is 20.6 Å². The van der Waals surface area contributed by atoms with Crippen molar-refractivity contribution in [2.45, 2.75) is 13.3 Å². The summed E-state index contributed by atoms with van der Waals surface area (Å²) in [5.41, 5.74) is 2.53. The summed E-state index contributed by atoms with van der Waals surface area (Å²) in [6.07, 6.45) is 1.73. The highest BCUT2D eigenvalue weighted by atomic mass is 32.1. The topological polar surface area (TPSA) is 112 Å². The molecule has 180 valence electrons. The lowest BCUT2D eigenvalue weighted by Crippen LogP contribution is -2.18. The first-order chi connectivity index (χ1) is 16.9. The van der Waals surface area contributed by atoms with Crippen LogP contribution < -0.4 is 24.8 Å². The number of benzene rings is 2. The molecule has 2 aromatic carbocycles. The molecule has 0 aliphatic heterocycles. The smallest absolute Gasteiger partial charge is 0.254 e. The molecule has 10 heteroatoms. The number of nitrogens with zero attached hydrogens (tertiary/aromatic N) is 2. The van der Waals surface area contributed by atoms with E-state index < -0.39 is 0 Å². The fraction of sp³-hybridized carbons (Fsp3) is 0.200. The van der Waals surface area contributed by atoms with Crippen molar-refractivity contribution in [3.05, 3.63) is 64.8 Å². The zero-order valence-corrected chi connectivity index (χ0v) is 20.5. The van der Waals surface area contributed by atoms with Crippen molar-refractivity contribution in [1.29, 1.82) is 0 Å². The Morgan fingerprint density at radius 3 is 2.51 bits per heavy atom. The van der Waals surface area contributed by atoms with Gasteiger partial charge in [0.1, 0.15) is 23.0 Å². The minimum absolute atomic E-state index is 0.125. The number of hydrogen-bond donors (Lipinski definition) is 2. The molecule has 0 atom stereocenters. The number of nitrogens with one attached hydrogen (secondary N) is 2. The highest BCUT2D eigenvalue weighted by Crippen LogP contribution is 2.35. The maximum Gasteiger partial charge on any atom is 0.254 e. The number of pyridine rings is 1. The number of thiazole rings is 1. The van der Waals surface area contributed by atoms with Crippen LogP contribution in [0.3, 0.4) is 0 Å². The average molecular weight is 493 g/mol. The highest BCUT2D eigenvalue weighted by Gasteiger charge is 2.16. The number of carbonyl (C=O) groups excluding carboxylic acids is 2. The molecule has 2 N–H and O–H groups in total. The summed E-state index contributed by atoms with van der Waals surface area (Å²) in [7, 11) is 4.59.